The molecule has 0 amide bonds. The number of piperazine rings is 1. The first-order chi connectivity index (χ1) is 13.8. The highest BCUT2D eigenvalue weighted by molar-refractivity contribution is 6.30. The minimum atomic E-state index is 0.823. The average Bonchev–Trinajstić information content (AvgIpc) is 3.07. The van der Waals surface area contributed by atoms with Gasteiger partial charge in [-0.15, -0.1) is 0 Å². The van der Waals surface area contributed by atoms with E-state index in [-0.39, 0.29) is 0 Å². The van der Waals surface area contributed by atoms with Crippen molar-refractivity contribution in [3.8, 4) is 5.75 Å². The lowest BCUT2D eigenvalue weighted by Gasteiger charge is -2.36. The number of hydrazine groups is 1. The Balaban J connectivity index is 1.18. The number of fused-ring (bicyclic) bond motifs is 1. The number of halogens is 1. The number of rotatable bonds is 7. The summed E-state index contributed by atoms with van der Waals surface area (Å²) in [5.74, 6) is 0.967. The van der Waals surface area contributed by atoms with Crippen molar-refractivity contribution in [1.29, 1.82) is 0 Å². The van der Waals surface area contributed by atoms with Gasteiger partial charge < -0.3 is 9.64 Å². The zero-order valence-electron chi connectivity index (χ0n) is 16.6. The average molecular weight is 401 g/mol. The van der Waals surface area contributed by atoms with Crippen LogP contribution in [0.2, 0.25) is 0 Å². The molecule has 0 radical (unpaired) electrons. The molecule has 0 aliphatic carbocycles. The van der Waals surface area contributed by atoms with E-state index in [4.69, 9.17) is 16.3 Å². The van der Waals surface area contributed by atoms with Crippen molar-refractivity contribution < 1.29 is 4.74 Å². The van der Waals surface area contributed by atoms with Crippen LogP contribution in [0.1, 0.15) is 12.8 Å². The Morgan fingerprint density at radius 2 is 1.79 bits per heavy atom. The third-order valence-electron chi connectivity index (χ3n) is 5.68. The molecule has 0 atom stereocenters. The zero-order valence-corrected chi connectivity index (χ0v) is 17.3. The second-order valence-corrected chi connectivity index (χ2v) is 7.89. The first-order valence-corrected chi connectivity index (χ1v) is 10.5. The fourth-order valence-corrected chi connectivity index (χ4v) is 4.42. The molecule has 0 N–H and O–H groups in total. The van der Waals surface area contributed by atoms with Gasteiger partial charge in [0.05, 0.1) is 30.1 Å². The Bertz CT molecular complexity index is 768. The van der Waals surface area contributed by atoms with Crippen molar-refractivity contribution in [3.05, 3.63) is 59.4 Å². The van der Waals surface area contributed by atoms with E-state index in [1.165, 1.54) is 18.5 Å². The molecule has 6 heteroatoms. The predicted octanol–water partition coefficient (Wildman–Crippen LogP) is 3.66. The molecule has 0 spiro atoms. The van der Waals surface area contributed by atoms with Gasteiger partial charge in [0, 0.05) is 38.9 Å². The van der Waals surface area contributed by atoms with Gasteiger partial charge in [0.1, 0.15) is 5.75 Å². The molecule has 4 rings (SSSR count). The van der Waals surface area contributed by atoms with Crippen molar-refractivity contribution >= 4 is 17.3 Å². The smallest absolute Gasteiger partial charge is 0.142 e. The van der Waals surface area contributed by atoms with Gasteiger partial charge >= 0.3 is 0 Å². The van der Waals surface area contributed by atoms with Gasteiger partial charge in [0.25, 0.3) is 0 Å². The second-order valence-electron chi connectivity index (χ2n) is 7.43. The van der Waals surface area contributed by atoms with Gasteiger partial charge in [-0.05, 0) is 43.7 Å². The lowest BCUT2D eigenvalue weighted by atomic mass is 10.2. The molecule has 5 nitrogen and oxygen atoms in total. The number of allylic oxidation sites excluding steroid dienone is 3. The third-order valence-corrected chi connectivity index (χ3v) is 6.00. The number of nitrogens with zero attached hydrogens (tertiary/aromatic N) is 4. The van der Waals surface area contributed by atoms with Crippen molar-refractivity contribution in [1.82, 2.24) is 14.9 Å². The second kappa shape index (κ2) is 9.03. The van der Waals surface area contributed by atoms with Crippen LogP contribution in [0.3, 0.4) is 0 Å². The van der Waals surface area contributed by atoms with Gasteiger partial charge in [0.15, 0.2) is 0 Å². The molecule has 0 saturated carbocycles. The maximum absolute atomic E-state index is 6.39. The SMILES string of the molecule is COc1ccccc1N1CCN(CCCCN2CC(Cl)=C3C=CC=CN32)CC1. The van der Waals surface area contributed by atoms with Crippen LogP contribution in [0.5, 0.6) is 5.75 Å². The maximum atomic E-state index is 6.39. The zero-order chi connectivity index (χ0) is 19.3. The first kappa shape index (κ1) is 19.4. The van der Waals surface area contributed by atoms with Gasteiger partial charge in [-0.2, -0.15) is 0 Å². The quantitative estimate of drug-likeness (QED) is 0.649. The molecule has 3 aliphatic rings. The predicted molar refractivity (Wildman–Crippen MR) is 115 cm³/mol. The minimum Gasteiger partial charge on any atom is -0.495 e. The lowest BCUT2D eigenvalue weighted by Crippen LogP contribution is -2.46. The molecule has 1 saturated heterocycles. The fraction of sp³-hybridized carbons (Fsp3) is 0.455. The Morgan fingerprint density at radius 1 is 1.00 bits per heavy atom. The highest BCUT2D eigenvalue weighted by atomic mass is 35.5. The van der Waals surface area contributed by atoms with E-state index in [0.29, 0.717) is 0 Å². The summed E-state index contributed by atoms with van der Waals surface area (Å²) >= 11 is 6.39. The van der Waals surface area contributed by atoms with Gasteiger partial charge in [0.2, 0.25) is 0 Å². The van der Waals surface area contributed by atoms with Gasteiger partial charge in [-0.3, -0.25) is 9.91 Å². The van der Waals surface area contributed by atoms with Crippen LogP contribution < -0.4 is 9.64 Å². The summed E-state index contributed by atoms with van der Waals surface area (Å²) in [6, 6.07) is 8.31. The van der Waals surface area contributed by atoms with E-state index in [2.05, 4.69) is 50.3 Å². The Labute approximate surface area is 173 Å². The van der Waals surface area contributed by atoms with E-state index in [1.807, 2.05) is 18.2 Å². The molecular weight excluding hydrogens is 372 g/mol. The van der Waals surface area contributed by atoms with E-state index in [1.54, 1.807) is 7.11 Å². The third kappa shape index (κ3) is 4.22. The van der Waals surface area contributed by atoms with Crippen LogP contribution in [0, 0.1) is 0 Å². The Kier molecular flexibility index (Phi) is 6.25. The molecule has 1 aromatic rings. The molecular formula is C22H29ClN4O. The number of hydrogen-bond donors (Lipinski definition) is 0. The number of anilines is 1. The standard InChI is InChI=1S/C22H29ClN4O/c1-28-22-10-3-2-9-21(22)25-16-14-24(15-17-25)11-6-7-12-26-18-19(23)20-8-4-5-13-27(20)26/h2-5,8-10,13H,6-7,11-12,14-18H2,1H3. The molecule has 3 aliphatic heterocycles. The molecule has 1 fully saturated rings. The number of para-hydroxylation sites is 2. The van der Waals surface area contributed by atoms with E-state index in [0.717, 1.165) is 62.3 Å². The van der Waals surface area contributed by atoms with Crippen LogP contribution in [-0.4, -0.2) is 67.8 Å². The molecule has 28 heavy (non-hydrogen) atoms. The number of unbranched alkanes of at least 4 members (excludes halogenated alkanes) is 1. The van der Waals surface area contributed by atoms with Crippen molar-refractivity contribution in [2.24, 2.45) is 0 Å². The van der Waals surface area contributed by atoms with E-state index < -0.39 is 0 Å². The number of methoxy groups -OCH3 is 1. The van der Waals surface area contributed by atoms with Crippen LogP contribution >= 0.6 is 11.6 Å². The summed E-state index contributed by atoms with van der Waals surface area (Å²) in [5.41, 5.74) is 2.33. The lowest BCUT2D eigenvalue weighted by molar-refractivity contribution is 0.0894. The summed E-state index contributed by atoms with van der Waals surface area (Å²) in [5, 5.41) is 5.46. The summed E-state index contributed by atoms with van der Waals surface area (Å²) in [7, 11) is 1.75. The summed E-state index contributed by atoms with van der Waals surface area (Å²) in [6.07, 6.45) is 10.7. The Morgan fingerprint density at radius 3 is 2.61 bits per heavy atom. The minimum absolute atomic E-state index is 0.823. The van der Waals surface area contributed by atoms with Gasteiger partial charge in [-0.25, -0.2) is 5.01 Å². The molecule has 150 valence electrons. The fourth-order valence-electron chi connectivity index (χ4n) is 4.13. The van der Waals surface area contributed by atoms with Crippen LogP contribution in [-0.2, 0) is 0 Å². The highest BCUT2D eigenvalue weighted by Gasteiger charge is 2.26. The number of benzene rings is 1. The largest absolute Gasteiger partial charge is 0.495 e. The molecule has 0 unspecified atom stereocenters. The molecule has 3 heterocycles. The Hall–Kier alpha value is -1.95. The van der Waals surface area contributed by atoms with E-state index in [9.17, 15) is 0 Å². The monoisotopic (exact) mass is 400 g/mol. The first-order valence-electron chi connectivity index (χ1n) is 10.1. The molecule has 1 aromatic carbocycles. The van der Waals surface area contributed by atoms with Crippen LogP contribution in [0.15, 0.2) is 59.4 Å². The normalized spacial score (nSPS) is 20.2. The maximum Gasteiger partial charge on any atom is 0.142 e. The number of ether oxygens (including phenoxy) is 1. The van der Waals surface area contributed by atoms with Crippen molar-refractivity contribution in [3.63, 3.8) is 0 Å². The summed E-state index contributed by atoms with van der Waals surface area (Å²) < 4.78 is 5.51. The topological polar surface area (TPSA) is 22.2 Å². The highest BCUT2D eigenvalue weighted by Crippen LogP contribution is 2.30. The van der Waals surface area contributed by atoms with Crippen molar-refractivity contribution in [2.45, 2.75) is 12.8 Å². The summed E-state index contributed by atoms with van der Waals surface area (Å²) in [4.78, 5) is 5.01. The van der Waals surface area contributed by atoms with E-state index >= 15 is 0 Å². The molecule has 0 bridgehead atoms. The molecule has 0 aromatic heterocycles. The number of hydrogen-bond acceptors (Lipinski definition) is 5. The summed E-state index contributed by atoms with van der Waals surface area (Å²) in [6.45, 7) is 7.36. The van der Waals surface area contributed by atoms with Crippen LogP contribution in [0.4, 0.5) is 5.69 Å². The van der Waals surface area contributed by atoms with Crippen molar-refractivity contribution in [2.75, 3.05) is 57.8 Å². The van der Waals surface area contributed by atoms with Crippen LogP contribution in [0.25, 0.3) is 0 Å². The van der Waals surface area contributed by atoms with Gasteiger partial charge in [-0.1, -0.05) is 29.8 Å².